The number of nitrogens with one attached hydrogen (secondary N) is 1. The zero-order valence-corrected chi connectivity index (χ0v) is 16.1. The fourth-order valence-electron chi connectivity index (χ4n) is 2.81. The van der Waals surface area contributed by atoms with E-state index < -0.39 is 0 Å². The third-order valence-electron chi connectivity index (χ3n) is 4.15. The van der Waals surface area contributed by atoms with Gasteiger partial charge in [0.15, 0.2) is 23.1 Å². The number of aryl methyl sites for hydroxylation is 1. The van der Waals surface area contributed by atoms with Crippen LogP contribution in [0.5, 0.6) is 11.5 Å². The van der Waals surface area contributed by atoms with Crippen molar-refractivity contribution in [3.8, 4) is 22.8 Å². The molecule has 0 bridgehead atoms. The Balaban J connectivity index is 1.49. The van der Waals surface area contributed by atoms with Crippen LogP contribution in [-0.2, 0) is 11.2 Å². The fraction of sp³-hybridized carbons (Fsp3) is 0.273. The lowest BCUT2D eigenvalue weighted by Crippen LogP contribution is -2.11. The SMILES string of the molecule is CCOc1ccc(NC(=O)CCCc2ncc(-c3ccccc3)o2)cc1OC. The number of carbonyl (C=O) groups excluding carboxylic acids is 1. The summed E-state index contributed by atoms with van der Waals surface area (Å²) < 4.78 is 16.5. The van der Waals surface area contributed by atoms with Gasteiger partial charge in [-0.1, -0.05) is 30.3 Å². The first-order valence-electron chi connectivity index (χ1n) is 9.30. The zero-order chi connectivity index (χ0) is 19.8. The lowest BCUT2D eigenvalue weighted by molar-refractivity contribution is -0.116. The molecule has 0 aliphatic carbocycles. The minimum absolute atomic E-state index is 0.0685. The largest absolute Gasteiger partial charge is 0.493 e. The smallest absolute Gasteiger partial charge is 0.224 e. The summed E-state index contributed by atoms with van der Waals surface area (Å²) >= 11 is 0. The van der Waals surface area contributed by atoms with Crippen LogP contribution in [0.25, 0.3) is 11.3 Å². The second-order valence-electron chi connectivity index (χ2n) is 6.18. The maximum atomic E-state index is 12.2. The molecule has 146 valence electrons. The first kappa shape index (κ1) is 19.5. The van der Waals surface area contributed by atoms with Crippen molar-refractivity contribution in [1.82, 2.24) is 4.98 Å². The van der Waals surface area contributed by atoms with Crippen LogP contribution in [0.3, 0.4) is 0 Å². The highest BCUT2D eigenvalue weighted by Gasteiger charge is 2.10. The fourth-order valence-corrected chi connectivity index (χ4v) is 2.81. The van der Waals surface area contributed by atoms with Gasteiger partial charge >= 0.3 is 0 Å². The van der Waals surface area contributed by atoms with Gasteiger partial charge in [0, 0.05) is 30.2 Å². The Hall–Kier alpha value is -3.28. The summed E-state index contributed by atoms with van der Waals surface area (Å²) in [6, 6.07) is 15.2. The molecule has 0 fully saturated rings. The van der Waals surface area contributed by atoms with Crippen LogP contribution in [0.1, 0.15) is 25.7 Å². The van der Waals surface area contributed by atoms with E-state index in [1.54, 1.807) is 31.5 Å². The highest BCUT2D eigenvalue weighted by Crippen LogP contribution is 2.30. The van der Waals surface area contributed by atoms with Crippen LogP contribution in [-0.4, -0.2) is 24.6 Å². The van der Waals surface area contributed by atoms with E-state index in [9.17, 15) is 4.79 Å². The minimum Gasteiger partial charge on any atom is -0.493 e. The van der Waals surface area contributed by atoms with Gasteiger partial charge in [-0.25, -0.2) is 4.98 Å². The molecule has 0 spiro atoms. The molecule has 0 unspecified atom stereocenters. The molecule has 6 nitrogen and oxygen atoms in total. The number of rotatable bonds is 9. The summed E-state index contributed by atoms with van der Waals surface area (Å²) in [7, 11) is 1.57. The van der Waals surface area contributed by atoms with Gasteiger partial charge in [-0.2, -0.15) is 0 Å². The minimum atomic E-state index is -0.0685. The number of hydrogen-bond donors (Lipinski definition) is 1. The van der Waals surface area contributed by atoms with E-state index in [0.717, 1.165) is 11.3 Å². The third-order valence-corrected chi connectivity index (χ3v) is 4.15. The van der Waals surface area contributed by atoms with Crippen LogP contribution in [0, 0.1) is 0 Å². The van der Waals surface area contributed by atoms with Gasteiger partial charge in [0.05, 0.1) is 19.9 Å². The number of oxazole rings is 1. The predicted octanol–water partition coefficient (Wildman–Crippen LogP) is 4.71. The van der Waals surface area contributed by atoms with Gasteiger partial charge in [-0.05, 0) is 25.5 Å². The van der Waals surface area contributed by atoms with Crippen molar-refractivity contribution in [3.05, 3.63) is 60.6 Å². The number of methoxy groups -OCH3 is 1. The van der Waals surface area contributed by atoms with E-state index in [2.05, 4.69) is 10.3 Å². The Kier molecular flexibility index (Phi) is 6.68. The highest BCUT2D eigenvalue weighted by molar-refractivity contribution is 5.91. The molecule has 1 amide bonds. The molecule has 1 heterocycles. The van der Waals surface area contributed by atoms with Crippen LogP contribution < -0.4 is 14.8 Å². The molecule has 3 aromatic rings. The van der Waals surface area contributed by atoms with E-state index in [-0.39, 0.29) is 5.91 Å². The van der Waals surface area contributed by atoms with Crippen molar-refractivity contribution in [3.63, 3.8) is 0 Å². The van der Waals surface area contributed by atoms with E-state index in [1.165, 1.54) is 0 Å². The summed E-state index contributed by atoms with van der Waals surface area (Å²) in [5.41, 5.74) is 1.66. The predicted molar refractivity (Wildman–Crippen MR) is 108 cm³/mol. The molecule has 0 atom stereocenters. The van der Waals surface area contributed by atoms with Crippen molar-refractivity contribution in [2.24, 2.45) is 0 Å². The number of carbonyl (C=O) groups is 1. The summed E-state index contributed by atoms with van der Waals surface area (Å²) in [6.07, 6.45) is 3.34. The van der Waals surface area contributed by atoms with Crippen LogP contribution in [0.15, 0.2) is 59.1 Å². The van der Waals surface area contributed by atoms with Gasteiger partial charge < -0.3 is 19.2 Å². The van der Waals surface area contributed by atoms with E-state index >= 15 is 0 Å². The van der Waals surface area contributed by atoms with Crippen molar-refractivity contribution in [2.75, 3.05) is 19.0 Å². The lowest BCUT2D eigenvalue weighted by atomic mass is 10.2. The Bertz CT molecular complexity index is 906. The molecule has 3 rings (SSSR count). The third kappa shape index (κ3) is 5.13. The Morgan fingerprint density at radius 2 is 1.96 bits per heavy atom. The van der Waals surface area contributed by atoms with E-state index in [1.807, 2.05) is 37.3 Å². The highest BCUT2D eigenvalue weighted by atomic mass is 16.5. The molecule has 28 heavy (non-hydrogen) atoms. The summed E-state index contributed by atoms with van der Waals surface area (Å²) in [4.78, 5) is 16.5. The van der Waals surface area contributed by atoms with Crippen LogP contribution >= 0.6 is 0 Å². The first-order chi connectivity index (χ1) is 13.7. The molecule has 1 N–H and O–H groups in total. The van der Waals surface area contributed by atoms with Gasteiger partial charge in [0.1, 0.15) is 0 Å². The average molecular weight is 380 g/mol. The summed E-state index contributed by atoms with van der Waals surface area (Å²) in [5, 5.41) is 2.88. The van der Waals surface area contributed by atoms with Crippen molar-refractivity contribution in [2.45, 2.75) is 26.2 Å². The standard InChI is InChI=1S/C22H24N2O4/c1-3-27-18-13-12-17(14-19(18)26-2)24-21(25)10-7-11-22-23-15-20(28-22)16-8-5-4-6-9-16/h4-6,8-9,12-15H,3,7,10-11H2,1-2H3,(H,24,25). The zero-order valence-electron chi connectivity index (χ0n) is 16.1. The van der Waals surface area contributed by atoms with Crippen LogP contribution in [0.2, 0.25) is 0 Å². The second-order valence-corrected chi connectivity index (χ2v) is 6.18. The lowest BCUT2D eigenvalue weighted by Gasteiger charge is -2.11. The number of anilines is 1. The Labute approximate surface area is 164 Å². The number of hydrogen-bond acceptors (Lipinski definition) is 5. The number of ether oxygens (including phenoxy) is 2. The monoisotopic (exact) mass is 380 g/mol. The molecule has 0 saturated carbocycles. The Morgan fingerprint density at radius 1 is 1.14 bits per heavy atom. The maximum Gasteiger partial charge on any atom is 0.224 e. The maximum absolute atomic E-state index is 12.2. The summed E-state index contributed by atoms with van der Waals surface area (Å²) in [6.45, 7) is 2.46. The second kappa shape index (κ2) is 9.60. The van der Waals surface area contributed by atoms with Crippen molar-refractivity contribution < 1.29 is 18.7 Å². The van der Waals surface area contributed by atoms with Crippen molar-refractivity contribution in [1.29, 1.82) is 0 Å². The van der Waals surface area contributed by atoms with Gasteiger partial charge in [0.25, 0.3) is 0 Å². The summed E-state index contributed by atoms with van der Waals surface area (Å²) in [5.74, 6) is 2.55. The normalized spacial score (nSPS) is 10.5. The molecular weight excluding hydrogens is 356 g/mol. The quantitative estimate of drug-likeness (QED) is 0.582. The van der Waals surface area contributed by atoms with Gasteiger partial charge in [-0.15, -0.1) is 0 Å². The molecule has 2 aromatic carbocycles. The molecule has 0 aliphatic rings. The van der Waals surface area contributed by atoms with Crippen LogP contribution in [0.4, 0.5) is 5.69 Å². The van der Waals surface area contributed by atoms with E-state index in [0.29, 0.717) is 48.9 Å². The van der Waals surface area contributed by atoms with Gasteiger partial charge in [0.2, 0.25) is 5.91 Å². The van der Waals surface area contributed by atoms with Crippen molar-refractivity contribution >= 4 is 11.6 Å². The molecule has 1 aromatic heterocycles. The molecule has 6 heteroatoms. The molecule has 0 radical (unpaired) electrons. The number of nitrogens with zero attached hydrogens (tertiary/aromatic N) is 1. The molecule has 0 aliphatic heterocycles. The average Bonchev–Trinajstić information content (AvgIpc) is 3.19. The molecular formula is C22H24N2O4. The number of benzene rings is 2. The topological polar surface area (TPSA) is 73.6 Å². The number of aromatic nitrogens is 1. The Morgan fingerprint density at radius 3 is 2.71 bits per heavy atom. The van der Waals surface area contributed by atoms with E-state index in [4.69, 9.17) is 13.9 Å². The first-order valence-corrected chi connectivity index (χ1v) is 9.30. The molecule has 0 saturated heterocycles. The van der Waals surface area contributed by atoms with Gasteiger partial charge in [-0.3, -0.25) is 4.79 Å². The number of amides is 1.